The maximum absolute atomic E-state index is 12.2. The van der Waals surface area contributed by atoms with Crippen LogP contribution in [0.2, 0.25) is 5.02 Å². The smallest absolute Gasteiger partial charge is 0.338 e. The minimum Gasteiger partial charge on any atom is -0.490 e. The number of nitrogens with one attached hydrogen (secondary N) is 1. The molecule has 0 aromatic heterocycles. The Hall–Kier alpha value is -2.73. The summed E-state index contributed by atoms with van der Waals surface area (Å²) in [5.41, 5.74) is 1.70. The Kier molecular flexibility index (Phi) is 7.49. The van der Waals surface area contributed by atoms with Crippen LogP contribution in [0, 0.1) is 6.92 Å². The Bertz CT molecular complexity index is 822. The lowest BCUT2D eigenvalue weighted by Gasteiger charge is -2.12. The minimum absolute atomic E-state index is 0.272. The molecule has 0 aliphatic rings. The first kappa shape index (κ1) is 20.6. The van der Waals surface area contributed by atoms with E-state index in [9.17, 15) is 9.59 Å². The lowest BCUT2D eigenvalue weighted by molar-refractivity contribution is -0.119. The van der Waals surface area contributed by atoms with Crippen LogP contribution in [-0.4, -0.2) is 31.7 Å². The molecule has 0 radical (unpaired) electrons. The van der Waals surface area contributed by atoms with Crippen molar-refractivity contribution < 1.29 is 23.8 Å². The van der Waals surface area contributed by atoms with Crippen LogP contribution in [0.25, 0.3) is 0 Å². The molecule has 6 nitrogen and oxygen atoms in total. The van der Waals surface area contributed by atoms with Gasteiger partial charge in [0.2, 0.25) is 0 Å². The summed E-state index contributed by atoms with van der Waals surface area (Å²) in [7, 11) is 0. The third kappa shape index (κ3) is 5.89. The summed E-state index contributed by atoms with van der Waals surface area (Å²) < 4.78 is 16.0. The first-order valence-corrected chi connectivity index (χ1v) is 8.95. The van der Waals surface area contributed by atoms with E-state index in [0.717, 1.165) is 5.56 Å². The Morgan fingerprint density at radius 2 is 1.70 bits per heavy atom. The van der Waals surface area contributed by atoms with Crippen molar-refractivity contribution in [2.75, 3.05) is 25.1 Å². The van der Waals surface area contributed by atoms with Crippen LogP contribution < -0.4 is 14.8 Å². The van der Waals surface area contributed by atoms with Crippen LogP contribution in [0.1, 0.15) is 29.8 Å². The van der Waals surface area contributed by atoms with Gasteiger partial charge in [-0.15, -0.1) is 0 Å². The predicted octanol–water partition coefficient (Wildman–Crippen LogP) is 4.24. The molecule has 0 bridgehead atoms. The van der Waals surface area contributed by atoms with Crippen molar-refractivity contribution in [2.24, 2.45) is 0 Å². The van der Waals surface area contributed by atoms with Crippen LogP contribution in [0.4, 0.5) is 5.69 Å². The lowest BCUT2D eigenvalue weighted by atomic mass is 10.2. The summed E-state index contributed by atoms with van der Waals surface area (Å²) in [5.74, 6) is -0.0838. The molecule has 0 fully saturated rings. The highest BCUT2D eigenvalue weighted by Crippen LogP contribution is 2.28. The van der Waals surface area contributed by atoms with E-state index in [1.165, 1.54) is 6.07 Å². The Morgan fingerprint density at radius 1 is 1.00 bits per heavy atom. The number of amides is 1. The minimum atomic E-state index is -0.628. The predicted molar refractivity (Wildman–Crippen MR) is 104 cm³/mol. The fourth-order valence-electron chi connectivity index (χ4n) is 2.31. The Balaban J connectivity index is 1.99. The molecule has 27 heavy (non-hydrogen) atoms. The molecule has 0 saturated carbocycles. The van der Waals surface area contributed by atoms with E-state index in [2.05, 4.69) is 5.32 Å². The number of aryl methyl sites for hydroxylation is 1. The number of hydrogen-bond acceptors (Lipinski definition) is 5. The highest BCUT2D eigenvalue weighted by Gasteiger charge is 2.15. The van der Waals surface area contributed by atoms with Gasteiger partial charge in [-0.25, -0.2) is 4.79 Å². The van der Waals surface area contributed by atoms with E-state index < -0.39 is 18.5 Å². The number of rotatable bonds is 8. The van der Waals surface area contributed by atoms with Gasteiger partial charge in [-0.3, -0.25) is 4.79 Å². The van der Waals surface area contributed by atoms with Crippen LogP contribution in [0.15, 0.2) is 36.4 Å². The largest absolute Gasteiger partial charge is 0.490 e. The zero-order valence-electron chi connectivity index (χ0n) is 15.5. The van der Waals surface area contributed by atoms with Gasteiger partial charge in [0.25, 0.3) is 5.91 Å². The molecule has 2 rings (SSSR count). The van der Waals surface area contributed by atoms with Crippen LogP contribution in [0.5, 0.6) is 11.5 Å². The van der Waals surface area contributed by atoms with Gasteiger partial charge in [0, 0.05) is 10.7 Å². The monoisotopic (exact) mass is 391 g/mol. The van der Waals surface area contributed by atoms with E-state index in [1.807, 2.05) is 20.8 Å². The number of carbonyl (C=O) groups excluding carboxylic acids is 2. The lowest BCUT2D eigenvalue weighted by Crippen LogP contribution is -2.21. The summed E-state index contributed by atoms with van der Waals surface area (Å²) >= 11 is 5.92. The maximum Gasteiger partial charge on any atom is 0.338 e. The van der Waals surface area contributed by atoms with Crippen LogP contribution in [-0.2, 0) is 9.53 Å². The fraction of sp³-hybridized carbons (Fsp3) is 0.300. The Labute approximate surface area is 163 Å². The average Bonchev–Trinajstić information content (AvgIpc) is 2.64. The molecule has 0 aliphatic carbocycles. The SMILES string of the molecule is CCOc1ccc(C(=O)OCC(=O)Nc2cc(Cl)ccc2C)cc1OCC. The highest BCUT2D eigenvalue weighted by molar-refractivity contribution is 6.31. The summed E-state index contributed by atoms with van der Waals surface area (Å²) in [6, 6.07) is 9.90. The molecule has 7 heteroatoms. The van der Waals surface area contributed by atoms with Crippen LogP contribution in [0.3, 0.4) is 0 Å². The zero-order chi connectivity index (χ0) is 19.8. The molecule has 0 spiro atoms. The molecule has 0 aliphatic heterocycles. The number of esters is 1. The number of hydrogen-bond donors (Lipinski definition) is 1. The van der Waals surface area contributed by atoms with Gasteiger partial charge in [-0.05, 0) is 56.7 Å². The molecule has 1 amide bonds. The van der Waals surface area contributed by atoms with Crippen molar-refractivity contribution in [1.29, 1.82) is 0 Å². The molecule has 0 unspecified atom stereocenters. The van der Waals surface area contributed by atoms with Gasteiger partial charge in [-0.2, -0.15) is 0 Å². The highest BCUT2D eigenvalue weighted by atomic mass is 35.5. The second-order valence-electron chi connectivity index (χ2n) is 5.61. The quantitative estimate of drug-likeness (QED) is 0.681. The van der Waals surface area contributed by atoms with Gasteiger partial charge in [-0.1, -0.05) is 17.7 Å². The van der Waals surface area contributed by atoms with Crippen molar-refractivity contribution in [3.05, 3.63) is 52.5 Å². The molecule has 144 valence electrons. The normalized spacial score (nSPS) is 10.2. The van der Waals surface area contributed by atoms with Gasteiger partial charge in [0.05, 0.1) is 18.8 Å². The van der Waals surface area contributed by atoms with Crippen molar-refractivity contribution >= 4 is 29.2 Å². The third-order valence-corrected chi connectivity index (χ3v) is 3.82. The molecule has 2 aromatic carbocycles. The van der Waals surface area contributed by atoms with Gasteiger partial charge >= 0.3 is 5.97 Å². The average molecular weight is 392 g/mol. The topological polar surface area (TPSA) is 73.9 Å². The second-order valence-corrected chi connectivity index (χ2v) is 6.05. The van der Waals surface area contributed by atoms with Crippen LogP contribution >= 0.6 is 11.6 Å². The summed E-state index contributed by atoms with van der Waals surface area (Å²) in [6.45, 7) is 6.03. The molecular formula is C20H22ClNO5. The van der Waals surface area contributed by atoms with Gasteiger partial charge < -0.3 is 19.5 Å². The summed E-state index contributed by atoms with van der Waals surface area (Å²) in [4.78, 5) is 24.3. The number of ether oxygens (including phenoxy) is 3. The Morgan fingerprint density at radius 3 is 2.41 bits per heavy atom. The van der Waals surface area contributed by atoms with E-state index in [4.69, 9.17) is 25.8 Å². The van der Waals surface area contributed by atoms with Gasteiger partial charge in [0.1, 0.15) is 0 Å². The first-order chi connectivity index (χ1) is 12.9. The fourth-order valence-corrected chi connectivity index (χ4v) is 2.48. The second kappa shape index (κ2) is 9.83. The molecule has 0 atom stereocenters. The number of benzene rings is 2. The first-order valence-electron chi connectivity index (χ1n) is 8.57. The third-order valence-electron chi connectivity index (χ3n) is 3.59. The number of halogens is 1. The van der Waals surface area contributed by atoms with Crippen molar-refractivity contribution in [1.82, 2.24) is 0 Å². The van der Waals surface area contributed by atoms with E-state index in [1.54, 1.807) is 30.3 Å². The zero-order valence-corrected chi connectivity index (χ0v) is 16.3. The van der Waals surface area contributed by atoms with Gasteiger partial charge in [0.15, 0.2) is 18.1 Å². The summed E-state index contributed by atoms with van der Waals surface area (Å²) in [6.07, 6.45) is 0. The molecular weight excluding hydrogens is 370 g/mol. The van der Waals surface area contributed by atoms with Crippen molar-refractivity contribution in [3.8, 4) is 11.5 Å². The maximum atomic E-state index is 12.2. The van der Waals surface area contributed by atoms with E-state index >= 15 is 0 Å². The molecule has 1 N–H and O–H groups in total. The van der Waals surface area contributed by atoms with Crippen molar-refractivity contribution in [3.63, 3.8) is 0 Å². The molecule has 0 saturated heterocycles. The van der Waals surface area contributed by atoms with Crippen molar-refractivity contribution in [2.45, 2.75) is 20.8 Å². The molecule has 2 aromatic rings. The molecule has 0 heterocycles. The van der Waals surface area contributed by atoms with E-state index in [0.29, 0.717) is 35.4 Å². The number of anilines is 1. The summed E-state index contributed by atoms with van der Waals surface area (Å²) in [5, 5.41) is 3.18. The number of carbonyl (C=O) groups is 2. The standard InChI is InChI=1S/C20H22ClNO5/c1-4-25-17-9-7-14(10-18(17)26-5-2)20(24)27-12-19(23)22-16-11-15(21)8-6-13(16)3/h6-11H,4-5,12H2,1-3H3,(H,22,23). The van der Waals surface area contributed by atoms with E-state index in [-0.39, 0.29) is 5.56 Å².